The minimum atomic E-state index is -3.11. The lowest BCUT2D eigenvalue weighted by Gasteiger charge is -2.05. The Balaban J connectivity index is 3.44. The molecule has 2 nitrogen and oxygen atoms in total. The highest BCUT2D eigenvalue weighted by molar-refractivity contribution is 6.68. The third-order valence-corrected chi connectivity index (χ3v) is 1.75. The number of carbonyl (C=O) groups is 1. The second-order valence-corrected chi connectivity index (χ2v) is 2.99. The zero-order valence-electron chi connectivity index (χ0n) is 6.40. The predicted octanol–water partition coefficient (Wildman–Crippen LogP) is 3.19. The summed E-state index contributed by atoms with van der Waals surface area (Å²) < 4.78 is 37.5. The molecule has 0 N–H and O–H groups in total. The Morgan fingerprint density at radius 2 is 2.07 bits per heavy atom. The van der Waals surface area contributed by atoms with Gasteiger partial charge in [-0.3, -0.25) is 4.79 Å². The standard InChI is InChI=1S/C7H2Cl2F3NO/c8-3-1-2(10)4(6(9)14)5(13-3)7(11)12/h1,7H. The molecule has 1 rings (SSSR count). The number of carbonyl (C=O) groups excluding carboxylic acids is 1. The number of alkyl halides is 2. The van der Waals surface area contributed by atoms with Crippen LogP contribution in [0.2, 0.25) is 5.15 Å². The van der Waals surface area contributed by atoms with Crippen LogP contribution in [0.5, 0.6) is 0 Å². The van der Waals surface area contributed by atoms with E-state index in [2.05, 4.69) is 4.98 Å². The topological polar surface area (TPSA) is 30.0 Å². The monoisotopic (exact) mass is 243 g/mol. The van der Waals surface area contributed by atoms with E-state index in [1.807, 2.05) is 0 Å². The third-order valence-electron chi connectivity index (χ3n) is 1.37. The summed E-state index contributed by atoms with van der Waals surface area (Å²) in [6.45, 7) is 0. The maximum atomic E-state index is 13.0. The van der Waals surface area contributed by atoms with Gasteiger partial charge in [-0.05, 0) is 11.6 Å². The first-order valence-corrected chi connectivity index (χ1v) is 4.03. The Morgan fingerprint density at radius 3 is 2.50 bits per heavy atom. The Hall–Kier alpha value is -0.810. The van der Waals surface area contributed by atoms with Crippen molar-refractivity contribution < 1.29 is 18.0 Å². The van der Waals surface area contributed by atoms with Crippen molar-refractivity contribution in [2.75, 3.05) is 0 Å². The maximum absolute atomic E-state index is 13.0. The number of hydrogen-bond acceptors (Lipinski definition) is 2. The molecule has 0 aliphatic heterocycles. The van der Waals surface area contributed by atoms with E-state index in [-0.39, 0.29) is 0 Å². The summed E-state index contributed by atoms with van der Waals surface area (Å²) in [5.41, 5.74) is -1.99. The second kappa shape index (κ2) is 4.14. The molecule has 0 aromatic carbocycles. The average molecular weight is 244 g/mol. The van der Waals surface area contributed by atoms with Gasteiger partial charge < -0.3 is 0 Å². The molecule has 76 valence electrons. The minimum absolute atomic E-state index is 0.459. The molecule has 0 unspecified atom stereocenters. The molecule has 14 heavy (non-hydrogen) atoms. The maximum Gasteiger partial charge on any atom is 0.281 e. The molecule has 0 spiro atoms. The molecule has 1 aromatic rings. The zero-order valence-corrected chi connectivity index (χ0v) is 7.91. The van der Waals surface area contributed by atoms with Crippen LogP contribution in [0.1, 0.15) is 22.5 Å². The summed E-state index contributed by atoms with van der Waals surface area (Å²) in [4.78, 5) is 13.7. The molecule has 7 heteroatoms. The Morgan fingerprint density at radius 1 is 1.50 bits per heavy atom. The molecule has 0 amide bonds. The van der Waals surface area contributed by atoms with Crippen LogP contribution in [-0.2, 0) is 0 Å². The molecule has 0 fully saturated rings. The molecule has 0 bridgehead atoms. The number of rotatable bonds is 2. The fourth-order valence-corrected chi connectivity index (χ4v) is 1.23. The van der Waals surface area contributed by atoms with Gasteiger partial charge in [0, 0.05) is 6.07 Å². The molecule has 0 aliphatic carbocycles. The van der Waals surface area contributed by atoms with E-state index < -0.39 is 33.9 Å². The second-order valence-electron chi connectivity index (χ2n) is 2.26. The van der Waals surface area contributed by atoms with Gasteiger partial charge in [0.05, 0.1) is 5.56 Å². The van der Waals surface area contributed by atoms with Crippen LogP contribution >= 0.6 is 23.2 Å². The van der Waals surface area contributed by atoms with E-state index >= 15 is 0 Å². The van der Waals surface area contributed by atoms with Crippen molar-refractivity contribution in [3.8, 4) is 0 Å². The highest BCUT2D eigenvalue weighted by Crippen LogP contribution is 2.26. The summed E-state index contributed by atoms with van der Waals surface area (Å²) in [6.07, 6.45) is -3.11. The van der Waals surface area contributed by atoms with Gasteiger partial charge >= 0.3 is 0 Å². The predicted molar refractivity (Wildman–Crippen MR) is 44.3 cm³/mol. The number of halogens is 5. The minimum Gasteiger partial charge on any atom is -0.275 e. The van der Waals surface area contributed by atoms with E-state index in [9.17, 15) is 18.0 Å². The van der Waals surface area contributed by atoms with Gasteiger partial charge in [-0.2, -0.15) is 0 Å². The lowest BCUT2D eigenvalue weighted by molar-refractivity contribution is 0.105. The largest absolute Gasteiger partial charge is 0.281 e. The van der Waals surface area contributed by atoms with Gasteiger partial charge in [0.15, 0.2) is 0 Å². The number of hydrogen-bond donors (Lipinski definition) is 0. The highest BCUT2D eigenvalue weighted by atomic mass is 35.5. The van der Waals surface area contributed by atoms with E-state index in [0.29, 0.717) is 6.07 Å². The normalized spacial score (nSPS) is 10.7. The summed E-state index contributed by atoms with van der Waals surface area (Å²) in [5.74, 6) is -1.21. The molecule has 1 aromatic heterocycles. The molecule has 0 saturated heterocycles. The number of aromatic nitrogens is 1. The molecule has 0 radical (unpaired) electrons. The highest BCUT2D eigenvalue weighted by Gasteiger charge is 2.23. The van der Waals surface area contributed by atoms with Crippen LogP contribution in [0.4, 0.5) is 13.2 Å². The first kappa shape index (κ1) is 11.3. The van der Waals surface area contributed by atoms with Crippen LogP contribution in [0.3, 0.4) is 0 Å². The van der Waals surface area contributed by atoms with Crippen molar-refractivity contribution >= 4 is 28.4 Å². The molecule has 1 heterocycles. The van der Waals surface area contributed by atoms with Gasteiger partial charge in [0.25, 0.3) is 11.7 Å². The van der Waals surface area contributed by atoms with Crippen molar-refractivity contribution in [3.63, 3.8) is 0 Å². The molecular weight excluding hydrogens is 242 g/mol. The lowest BCUT2D eigenvalue weighted by atomic mass is 10.2. The molecular formula is C7H2Cl2F3NO. The van der Waals surface area contributed by atoms with Gasteiger partial charge in [-0.25, -0.2) is 18.2 Å². The van der Waals surface area contributed by atoms with Crippen LogP contribution in [0.25, 0.3) is 0 Å². The van der Waals surface area contributed by atoms with Crippen molar-refractivity contribution in [1.29, 1.82) is 0 Å². The van der Waals surface area contributed by atoms with Crippen molar-refractivity contribution in [2.45, 2.75) is 6.43 Å². The van der Waals surface area contributed by atoms with Gasteiger partial charge in [0.1, 0.15) is 16.7 Å². The summed E-state index contributed by atoms with van der Waals surface area (Å²) in [7, 11) is 0. The van der Waals surface area contributed by atoms with Gasteiger partial charge in [-0.15, -0.1) is 0 Å². The SMILES string of the molecule is O=C(Cl)c1c(F)cc(Cl)nc1C(F)F. The fraction of sp³-hybridized carbons (Fsp3) is 0.143. The molecule has 0 saturated carbocycles. The van der Waals surface area contributed by atoms with Gasteiger partial charge in [0.2, 0.25) is 0 Å². The third kappa shape index (κ3) is 2.16. The number of pyridine rings is 1. The Labute approximate surface area is 86.6 Å². The number of nitrogens with zero attached hydrogens (tertiary/aromatic N) is 1. The van der Waals surface area contributed by atoms with Crippen LogP contribution in [0, 0.1) is 5.82 Å². The molecule has 0 atom stereocenters. The lowest BCUT2D eigenvalue weighted by Crippen LogP contribution is -2.05. The van der Waals surface area contributed by atoms with Crippen LogP contribution < -0.4 is 0 Å². The van der Waals surface area contributed by atoms with Crippen molar-refractivity contribution in [3.05, 3.63) is 28.3 Å². The van der Waals surface area contributed by atoms with Crippen molar-refractivity contribution in [1.82, 2.24) is 4.98 Å². The zero-order chi connectivity index (χ0) is 10.9. The van der Waals surface area contributed by atoms with E-state index in [1.54, 1.807) is 0 Å². The average Bonchev–Trinajstić information content (AvgIpc) is 2.01. The van der Waals surface area contributed by atoms with Crippen molar-refractivity contribution in [2.24, 2.45) is 0 Å². The summed E-state index contributed by atoms with van der Waals surface area (Å²) >= 11 is 10.1. The smallest absolute Gasteiger partial charge is 0.275 e. The quantitative estimate of drug-likeness (QED) is 0.590. The Bertz CT molecular complexity index is 383. The summed E-state index contributed by atoms with van der Waals surface area (Å²) in [6, 6.07) is 0.642. The van der Waals surface area contributed by atoms with Crippen LogP contribution in [-0.4, -0.2) is 10.2 Å². The first-order chi connectivity index (χ1) is 6.43. The molecule has 0 aliphatic rings. The van der Waals surface area contributed by atoms with Gasteiger partial charge in [-0.1, -0.05) is 11.6 Å². The first-order valence-electron chi connectivity index (χ1n) is 3.27. The fourth-order valence-electron chi connectivity index (χ4n) is 0.855. The van der Waals surface area contributed by atoms with E-state index in [1.165, 1.54) is 0 Å². The summed E-state index contributed by atoms with van der Waals surface area (Å²) in [5, 5.41) is -1.79. The van der Waals surface area contributed by atoms with E-state index in [0.717, 1.165) is 0 Å². The van der Waals surface area contributed by atoms with Crippen LogP contribution in [0.15, 0.2) is 6.07 Å². The Kier molecular flexibility index (Phi) is 3.34. The van der Waals surface area contributed by atoms with E-state index in [4.69, 9.17) is 23.2 Å².